The summed E-state index contributed by atoms with van der Waals surface area (Å²) < 4.78 is 12.2. The number of hydrogen-bond acceptors (Lipinski definition) is 4. The Bertz CT molecular complexity index is 516. The predicted molar refractivity (Wildman–Crippen MR) is 83.4 cm³/mol. The molecule has 0 saturated carbocycles. The van der Waals surface area contributed by atoms with Crippen molar-refractivity contribution in [3.05, 3.63) is 22.9 Å². The summed E-state index contributed by atoms with van der Waals surface area (Å²) in [5.74, 6) is 0.682. The van der Waals surface area contributed by atoms with Gasteiger partial charge >= 0.3 is 6.09 Å². The van der Waals surface area contributed by atoms with Crippen LogP contribution in [0, 0.1) is 0 Å². The maximum Gasteiger partial charge on any atom is 0.410 e. The van der Waals surface area contributed by atoms with Crippen molar-refractivity contribution in [2.75, 3.05) is 6.54 Å². The summed E-state index contributed by atoms with van der Waals surface area (Å²) in [4.78, 5) is 17.9. The van der Waals surface area contributed by atoms with Crippen LogP contribution in [-0.4, -0.2) is 40.3 Å². The zero-order chi connectivity index (χ0) is 15.6. The van der Waals surface area contributed by atoms with Crippen LogP contribution in [0.1, 0.15) is 34.1 Å². The van der Waals surface area contributed by atoms with Crippen LogP contribution in [0.2, 0.25) is 0 Å². The molecule has 1 fully saturated rings. The lowest BCUT2D eigenvalue weighted by Crippen LogP contribution is -2.58. The Morgan fingerprint density at radius 1 is 1.52 bits per heavy atom. The minimum Gasteiger partial charge on any atom is -0.486 e. The van der Waals surface area contributed by atoms with Crippen molar-refractivity contribution in [3.8, 4) is 5.75 Å². The summed E-state index contributed by atoms with van der Waals surface area (Å²) in [6.45, 7) is 8.27. The number of carbonyl (C=O) groups excluding carboxylic acids is 1. The lowest BCUT2D eigenvalue weighted by Gasteiger charge is -2.44. The molecule has 0 aliphatic carbocycles. The van der Waals surface area contributed by atoms with Gasteiger partial charge < -0.3 is 14.4 Å². The van der Waals surface area contributed by atoms with Gasteiger partial charge in [0.15, 0.2) is 5.75 Å². The Morgan fingerprint density at radius 3 is 2.76 bits per heavy atom. The van der Waals surface area contributed by atoms with Crippen molar-refractivity contribution >= 4 is 22.0 Å². The Balaban J connectivity index is 1.96. The fourth-order valence-corrected chi connectivity index (χ4v) is 2.49. The van der Waals surface area contributed by atoms with Gasteiger partial charge in [0.25, 0.3) is 0 Å². The van der Waals surface area contributed by atoms with Crippen molar-refractivity contribution in [1.29, 1.82) is 0 Å². The van der Waals surface area contributed by atoms with Crippen LogP contribution >= 0.6 is 15.9 Å². The molecule has 1 aromatic heterocycles. The third kappa shape index (κ3) is 4.09. The molecule has 2 heterocycles. The molecule has 2 atom stereocenters. The number of hydrogen-bond donors (Lipinski definition) is 0. The molecule has 6 heteroatoms. The van der Waals surface area contributed by atoms with Gasteiger partial charge in [0.05, 0.1) is 16.7 Å². The standard InChI is InChI=1S/C15H21BrN2O3/c1-10(20-13-9-17-7-5-11(13)16)12-6-8-18(12)14(19)21-15(2,3)4/h5,7,9-10,12H,6,8H2,1-4H3/t10-,12-/m1/s1. The molecule has 1 aliphatic heterocycles. The number of rotatable bonds is 3. The van der Waals surface area contributed by atoms with E-state index in [1.807, 2.05) is 33.8 Å². The van der Waals surface area contributed by atoms with Gasteiger partial charge in [-0.15, -0.1) is 0 Å². The normalized spacial score (nSPS) is 19.7. The number of ether oxygens (including phenoxy) is 2. The zero-order valence-corrected chi connectivity index (χ0v) is 14.4. The van der Waals surface area contributed by atoms with E-state index in [2.05, 4.69) is 20.9 Å². The number of halogens is 1. The first-order valence-electron chi connectivity index (χ1n) is 7.04. The van der Waals surface area contributed by atoms with E-state index in [-0.39, 0.29) is 18.2 Å². The molecule has 116 valence electrons. The van der Waals surface area contributed by atoms with E-state index in [4.69, 9.17) is 9.47 Å². The number of amides is 1. The van der Waals surface area contributed by atoms with Crippen LogP contribution in [0.25, 0.3) is 0 Å². The Labute approximate surface area is 133 Å². The predicted octanol–water partition coefficient (Wildman–Crippen LogP) is 3.62. The van der Waals surface area contributed by atoms with Crippen molar-refractivity contribution in [3.63, 3.8) is 0 Å². The van der Waals surface area contributed by atoms with Crippen LogP contribution in [-0.2, 0) is 4.74 Å². The van der Waals surface area contributed by atoms with Gasteiger partial charge in [-0.3, -0.25) is 4.98 Å². The number of nitrogens with zero attached hydrogens (tertiary/aromatic N) is 2. The first kappa shape index (κ1) is 16.1. The van der Waals surface area contributed by atoms with Gasteiger partial charge in [0.1, 0.15) is 11.7 Å². The van der Waals surface area contributed by atoms with E-state index in [1.54, 1.807) is 17.3 Å². The molecular weight excluding hydrogens is 336 g/mol. The minimum absolute atomic E-state index is 0.0342. The second kappa shape index (κ2) is 6.22. The molecule has 0 radical (unpaired) electrons. The molecule has 1 amide bonds. The van der Waals surface area contributed by atoms with Gasteiger partial charge in [-0.25, -0.2) is 4.79 Å². The number of carbonyl (C=O) groups is 1. The highest BCUT2D eigenvalue weighted by molar-refractivity contribution is 9.10. The van der Waals surface area contributed by atoms with E-state index in [1.165, 1.54) is 0 Å². The van der Waals surface area contributed by atoms with Crippen LogP contribution in [0.4, 0.5) is 4.79 Å². The van der Waals surface area contributed by atoms with Crippen molar-refractivity contribution in [2.45, 2.75) is 51.9 Å². The summed E-state index contributed by atoms with van der Waals surface area (Å²) in [6.07, 6.45) is 3.87. The van der Waals surface area contributed by atoms with Crippen LogP contribution in [0.15, 0.2) is 22.9 Å². The average molecular weight is 357 g/mol. The van der Waals surface area contributed by atoms with Crippen LogP contribution in [0.3, 0.4) is 0 Å². The lowest BCUT2D eigenvalue weighted by atomic mass is 9.99. The maximum atomic E-state index is 12.1. The Hall–Kier alpha value is -1.30. The molecule has 0 unspecified atom stereocenters. The van der Waals surface area contributed by atoms with E-state index in [0.717, 1.165) is 10.9 Å². The first-order valence-corrected chi connectivity index (χ1v) is 7.83. The number of pyridine rings is 1. The molecule has 0 aromatic carbocycles. The molecule has 21 heavy (non-hydrogen) atoms. The fourth-order valence-electron chi connectivity index (χ4n) is 2.17. The van der Waals surface area contributed by atoms with Crippen molar-refractivity contribution < 1.29 is 14.3 Å². The smallest absolute Gasteiger partial charge is 0.410 e. The Kier molecular flexibility index (Phi) is 4.76. The summed E-state index contributed by atoms with van der Waals surface area (Å²) in [6, 6.07) is 1.86. The van der Waals surface area contributed by atoms with Crippen LogP contribution in [0.5, 0.6) is 5.75 Å². The average Bonchev–Trinajstić information content (AvgIpc) is 2.28. The molecular formula is C15H21BrN2O3. The minimum atomic E-state index is -0.478. The van der Waals surface area contributed by atoms with E-state index in [0.29, 0.717) is 12.3 Å². The monoisotopic (exact) mass is 356 g/mol. The second-order valence-corrected chi connectivity index (χ2v) is 7.01. The lowest BCUT2D eigenvalue weighted by molar-refractivity contribution is -0.0302. The highest BCUT2D eigenvalue weighted by Gasteiger charge is 2.39. The number of aromatic nitrogens is 1. The summed E-state index contributed by atoms with van der Waals surface area (Å²) in [5.41, 5.74) is -0.478. The molecule has 5 nitrogen and oxygen atoms in total. The zero-order valence-electron chi connectivity index (χ0n) is 12.8. The first-order chi connectivity index (χ1) is 9.78. The third-order valence-electron chi connectivity index (χ3n) is 3.28. The molecule has 1 saturated heterocycles. The van der Waals surface area contributed by atoms with Gasteiger partial charge in [-0.1, -0.05) is 0 Å². The quantitative estimate of drug-likeness (QED) is 0.829. The van der Waals surface area contributed by atoms with Gasteiger partial charge in [-0.05, 0) is 56.1 Å². The molecule has 2 rings (SSSR count). The third-order valence-corrected chi connectivity index (χ3v) is 3.94. The second-order valence-electron chi connectivity index (χ2n) is 6.16. The van der Waals surface area contributed by atoms with Crippen molar-refractivity contribution in [2.24, 2.45) is 0 Å². The highest BCUT2D eigenvalue weighted by atomic mass is 79.9. The van der Waals surface area contributed by atoms with Crippen molar-refractivity contribution in [1.82, 2.24) is 9.88 Å². The summed E-state index contributed by atoms with van der Waals surface area (Å²) in [5, 5.41) is 0. The summed E-state index contributed by atoms with van der Waals surface area (Å²) in [7, 11) is 0. The van der Waals surface area contributed by atoms with Crippen LogP contribution < -0.4 is 4.74 Å². The molecule has 0 bridgehead atoms. The van der Waals surface area contributed by atoms with Gasteiger partial charge in [0, 0.05) is 12.7 Å². The topological polar surface area (TPSA) is 51.7 Å². The molecule has 1 aliphatic rings. The van der Waals surface area contributed by atoms with E-state index >= 15 is 0 Å². The molecule has 0 spiro atoms. The Morgan fingerprint density at radius 2 is 2.24 bits per heavy atom. The maximum absolute atomic E-state index is 12.1. The largest absolute Gasteiger partial charge is 0.486 e. The SMILES string of the molecule is C[C@@H](Oc1cnccc1Br)[C@H]1CCN1C(=O)OC(C)(C)C. The molecule has 0 N–H and O–H groups in total. The molecule has 1 aromatic rings. The highest BCUT2D eigenvalue weighted by Crippen LogP contribution is 2.29. The summed E-state index contributed by atoms with van der Waals surface area (Å²) >= 11 is 3.43. The van der Waals surface area contributed by atoms with E-state index < -0.39 is 5.60 Å². The van der Waals surface area contributed by atoms with E-state index in [9.17, 15) is 4.79 Å². The van der Waals surface area contributed by atoms with Gasteiger partial charge in [-0.2, -0.15) is 0 Å². The fraction of sp³-hybridized carbons (Fsp3) is 0.600. The number of likely N-dealkylation sites (tertiary alicyclic amines) is 1. The van der Waals surface area contributed by atoms with Gasteiger partial charge in [0.2, 0.25) is 0 Å².